The van der Waals surface area contributed by atoms with Gasteiger partial charge >= 0.3 is 0 Å². The molecule has 1 nitrogen and oxygen atoms in total. The Morgan fingerprint density at radius 2 is 1.62 bits per heavy atom. The topological polar surface area (TPSA) is 26.0 Å². The van der Waals surface area contributed by atoms with E-state index in [0.29, 0.717) is 11.3 Å². The summed E-state index contributed by atoms with van der Waals surface area (Å²) in [7, 11) is 0. The zero-order valence-corrected chi connectivity index (χ0v) is 14.4. The molecule has 0 aromatic heterocycles. The Kier molecular flexibility index (Phi) is 5.48. The van der Waals surface area contributed by atoms with Crippen LogP contribution in [0.4, 0.5) is 0 Å². The molecule has 2 N–H and O–H groups in total. The third kappa shape index (κ3) is 4.10. The van der Waals surface area contributed by atoms with E-state index in [4.69, 9.17) is 5.73 Å². The highest BCUT2D eigenvalue weighted by Crippen LogP contribution is 2.43. The third-order valence-corrected chi connectivity index (χ3v) is 5.64. The Labute approximate surface area is 131 Å². The number of aryl methyl sites for hydroxylation is 1. The van der Waals surface area contributed by atoms with E-state index in [0.717, 1.165) is 24.8 Å². The smallest absolute Gasteiger partial charge is 0.000556 e. The average Bonchev–Trinajstić information content (AvgIpc) is 2.48. The summed E-state index contributed by atoms with van der Waals surface area (Å²) in [5, 5.41) is 0. The van der Waals surface area contributed by atoms with E-state index in [1.165, 1.54) is 36.8 Å². The molecule has 0 heterocycles. The second kappa shape index (κ2) is 6.96. The minimum Gasteiger partial charge on any atom is -0.330 e. The summed E-state index contributed by atoms with van der Waals surface area (Å²) in [5.74, 6) is 2.22. The molecular weight excluding hydrogens is 254 g/mol. The van der Waals surface area contributed by atoms with Crippen LogP contribution in [0, 0.1) is 17.3 Å². The fraction of sp³-hybridized carbons (Fsp3) is 0.700. The fourth-order valence-corrected chi connectivity index (χ4v) is 3.99. The number of hydrogen-bond donors (Lipinski definition) is 1. The van der Waals surface area contributed by atoms with Crippen molar-refractivity contribution in [2.75, 3.05) is 6.54 Å². The van der Waals surface area contributed by atoms with Crippen LogP contribution in [0.1, 0.15) is 70.4 Å². The first kappa shape index (κ1) is 16.5. The second-order valence-corrected chi connectivity index (χ2v) is 7.92. The summed E-state index contributed by atoms with van der Waals surface area (Å²) in [5.41, 5.74) is 9.47. The molecule has 0 amide bonds. The largest absolute Gasteiger partial charge is 0.330 e. The first-order valence-electron chi connectivity index (χ1n) is 8.74. The molecular formula is C20H33N. The van der Waals surface area contributed by atoms with Crippen molar-refractivity contribution in [1.82, 2.24) is 0 Å². The zero-order valence-electron chi connectivity index (χ0n) is 14.4. The maximum Gasteiger partial charge on any atom is -0.000556 e. The Bertz CT molecular complexity index is 418. The van der Waals surface area contributed by atoms with Crippen molar-refractivity contribution in [2.24, 2.45) is 23.0 Å². The Morgan fingerprint density at radius 3 is 2.05 bits per heavy atom. The van der Waals surface area contributed by atoms with E-state index in [-0.39, 0.29) is 0 Å². The second-order valence-electron chi connectivity index (χ2n) is 7.92. The molecule has 21 heavy (non-hydrogen) atoms. The standard InChI is InChI=1S/C20H33N/c1-5-15-6-8-16(9-7-15)19(14-21)17-10-12-18(13-11-17)20(2,3)4/h6-9,17-19H,5,10-14,21H2,1-4H3. The lowest BCUT2D eigenvalue weighted by molar-refractivity contribution is 0.140. The van der Waals surface area contributed by atoms with E-state index in [1.54, 1.807) is 0 Å². The van der Waals surface area contributed by atoms with Gasteiger partial charge in [0.05, 0.1) is 0 Å². The van der Waals surface area contributed by atoms with Gasteiger partial charge in [0.1, 0.15) is 0 Å². The van der Waals surface area contributed by atoms with Gasteiger partial charge in [-0.05, 0) is 72.9 Å². The highest BCUT2D eigenvalue weighted by atomic mass is 14.6. The Hall–Kier alpha value is -0.820. The predicted octanol–water partition coefficient (Wildman–Crippen LogP) is 5.14. The lowest BCUT2D eigenvalue weighted by Crippen LogP contribution is -2.30. The van der Waals surface area contributed by atoms with Crippen molar-refractivity contribution >= 4 is 0 Å². The molecule has 118 valence electrons. The van der Waals surface area contributed by atoms with E-state index in [2.05, 4.69) is 52.0 Å². The van der Waals surface area contributed by atoms with E-state index in [9.17, 15) is 0 Å². The summed E-state index contributed by atoms with van der Waals surface area (Å²) in [6.45, 7) is 10.2. The maximum absolute atomic E-state index is 6.13. The number of benzene rings is 1. The molecule has 1 aliphatic rings. The van der Waals surface area contributed by atoms with Gasteiger partial charge < -0.3 is 5.73 Å². The van der Waals surface area contributed by atoms with Gasteiger partial charge in [0.15, 0.2) is 0 Å². The van der Waals surface area contributed by atoms with Gasteiger partial charge in [0, 0.05) is 0 Å². The van der Waals surface area contributed by atoms with Crippen LogP contribution in [0.25, 0.3) is 0 Å². The molecule has 0 radical (unpaired) electrons. The van der Waals surface area contributed by atoms with Crippen molar-refractivity contribution in [2.45, 2.75) is 65.7 Å². The molecule has 1 aliphatic carbocycles. The van der Waals surface area contributed by atoms with Gasteiger partial charge in [0.25, 0.3) is 0 Å². The lowest BCUT2D eigenvalue weighted by atomic mass is 9.66. The third-order valence-electron chi connectivity index (χ3n) is 5.64. The van der Waals surface area contributed by atoms with Gasteiger partial charge in [0.2, 0.25) is 0 Å². The predicted molar refractivity (Wildman–Crippen MR) is 92.5 cm³/mol. The van der Waals surface area contributed by atoms with Crippen LogP contribution in [-0.4, -0.2) is 6.54 Å². The zero-order chi connectivity index (χ0) is 15.5. The summed E-state index contributed by atoms with van der Waals surface area (Å²) in [6, 6.07) is 9.18. The molecule has 1 fully saturated rings. The van der Waals surface area contributed by atoms with Gasteiger partial charge in [-0.25, -0.2) is 0 Å². The van der Waals surface area contributed by atoms with Crippen molar-refractivity contribution in [3.63, 3.8) is 0 Å². The SMILES string of the molecule is CCc1ccc(C(CN)C2CCC(C(C)(C)C)CC2)cc1. The van der Waals surface area contributed by atoms with Gasteiger partial charge in [-0.3, -0.25) is 0 Å². The average molecular weight is 287 g/mol. The molecule has 0 spiro atoms. The number of hydrogen-bond acceptors (Lipinski definition) is 1. The van der Waals surface area contributed by atoms with Crippen LogP contribution in [0.15, 0.2) is 24.3 Å². The first-order valence-corrected chi connectivity index (χ1v) is 8.74. The van der Waals surface area contributed by atoms with Crippen molar-refractivity contribution in [3.8, 4) is 0 Å². The van der Waals surface area contributed by atoms with Gasteiger partial charge in [-0.1, -0.05) is 52.0 Å². The van der Waals surface area contributed by atoms with Crippen LogP contribution >= 0.6 is 0 Å². The summed E-state index contributed by atoms with van der Waals surface area (Å²) >= 11 is 0. The number of nitrogens with two attached hydrogens (primary N) is 1. The van der Waals surface area contributed by atoms with Crippen molar-refractivity contribution < 1.29 is 0 Å². The van der Waals surface area contributed by atoms with Crippen LogP contribution in [0.5, 0.6) is 0 Å². The first-order chi connectivity index (χ1) is 9.95. The molecule has 1 atom stereocenters. The molecule has 1 aromatic carbocycles. The highest BCUT2D eigenvalue weighted by molar-refractivity contribution is 5.26. The Morgan fingerprint density at radius 1 is 1.05 bits per heavy atom. The normalized spacial score (nSPS) is 24.8. The van der Waals surface area contributed by atoms with Gasteiger partial charge in [-0.2, -0.15) is 0 Å². The maximum atomic E-state index is 6.13. The van der Waals surface area contributed by atoms with Crippen LogP contribution in [-0.2, 0) is 6.42 Å². The summed E-state index contributed by atoms with van der Waals surface area (Å²) < 4.78 is 0. The molecule has 1 saturated carbocycles. The lowest BCUT2D eigenvalue weighted by Gasteiger charge is -2.39. The van der Waals surface area contributed by atoms with Crippen molar-refractivity contribution in [1.29, 1.82) is 0 Å². The molecule has 2 rings (SSSR count). The summed E-state index contributed by atoms with van der Waals surface area (Å²) in [4.78, 5) is 0. The molecule has 1 unspecified atom stereocenters. The summed E-state index contributed by atoms with van der Waals surface area (Å²) in [6.07, 6.45) is 6.55. The van der Waals surface area contributed by atoms with Crippen LogP contribution < -0.4 is 5.73 Å². The van der Waals surface area contributed by atoms with E-state index in [1.807, 2.05) is 0 Å². The molecule has 0 saturated heterocycles. The van der Waals surface area contributed by atoms with Gasteiger partial charge in [-0.15, -0.1) is 0 Å². The minimum atomic E-state index is 0.464. The Balaban J connectivity index is 2.02. The molecule has 1 aromatic rings. The van der Waals surface area contributed by atoms with E-state index >= 15 is 0 Å². The van der Waals surface area contributed by atoms with Crippen LogP contribution in [0.2, 0.25) is 0 Å². The minimum absolute atomic E-state index is 0.464. The van der Waals surface area contributed by atoms with Crippen LogP contribution in [0.3, 0.4) is 0 Å². The highest BCUT2D eigenvalue weighted by Gasteiger charge is 2.32. The van der Waals surface area contributed by atoms with E-state index < -0.39 is 0 Å². The molecule has 0 bridgehead atoms. The number of rotatable bonds is 4. The monoisotopic (exact) mass is 287 g/mol. The quantitative estimate of drug-likeness (QED) is 0.815. The van der Waals surface area contributed by atoms with Crippen molar-refractivity contribution in [3.05, 3.63) is 35.4 Å². The molecule has 0 aliphatic heterocycles. The molecule has 1 heteroatoms. The fourth-order valence-electron chi connectivity index (χ4n) is 3.99.